The lowest BCUT2D eigenvalue weighted by atomic mass is 10.1. The molecule has 4 unspecified atom stereocenters. The summed E-state index contributed by atoms with van der Waals surface area (Å²) < 4.78 is 38.0. The molecule has 2 bridgehead atoms. The van der Waals surface area contributed by atoms with Gasteiger partial charge < -0.3 is 9.47 Å². The lowest BCUT2D eigenvalue weighted by Crippen LogP contribution is -2.41. The number of ether oxygens (including phenoxy) is 2. The summed E-state index contributed by atoms with van der Waals surface area (Å²) >= 11 is 0. The van der Waals surface area contributed by atoms with E-state index in [-0.39, 0.29) is 6.42 Å². The van der Waals surface area contributed by atoms with Crippen molar-refractivity contribution in [2.45, 2.75) is 24.4 Å². The molecule has 1 heterocycles. The van der Waals surface area contributed by atoms with Crippen molar-refractivity contribution in [3.05, 3.63) is 12.7 Å². The van der Waals surface area contributed by atoms with Crippen molar-refractivity contribution in [3.63, 3.8) is 0 Å². The van der Waals surface area contributed by atoms with Gasteiger partial charge in [0.2, 0.25) is 5.44 Å². The lowest BCUT2D eigenvalue weighted by Gasteiger charge is -2.27. The van der Waals surface area contributed by atoms with Crippen LogP contribution in [0.2, 0.25) is 0 Å². The number of rotatable bonds is 4. The van der Waals surface area contributed by atoms with Crippen molar-refractivity contribution in [1.29, 1.82) is 5.26 Å². The summed E-state index contributed by atoms with van der Waals surface area (Å²) in [7, 11) is -4.10. The van der Waals surface area contributed by atoms with Crippen LogP contribution in [0.15, 0.2) is 12.7 Å². The summed E-state index contributed by atoms with van der Waals surface area (Å²) in [5.41, 5.74) is -1.47. The van der Waals surface area contributed by atoms with E-state index in [1.54, 1.807) is 0 Å². The normalized spacial score (nSPS) is 32.7. The molecule has 0 aromatic heterocycles. The van der Waals surface area contributed by atoms with Gasteiger partial charge in [-0.25, -0.2) is 9.59 Å². The van der Waals surface area contributed by atoms with E-state index in [0.717, 1.165) is 6.08 Å². The van der Waals surface area contributed by atoms with Gasteiger partial charge in [0.1, 0.15) is 0 Å². The third-order valence-corrected chi connectivity index (χ3v) is 4.95. The van der Waals surface area contributed by atoms with Gasteiger partial charge in [-0.3, -0.25) is 4.18 Å². The highest BCUT2D eigenvalue weighted by Crippen LogP contribution is 2.43. The van der Waals surface area contributed by atoms with Crippen molar-refractivity contribution < 1.29 is 31.7 Å². The van der Waals surface area contributed by atoms with E-state index < -0.39 is 52.0 Å². The van der Waals surface area contributed by atoms with Gasteiger partial charge in [0.05, 0.1) is 18.1 Å². The Morgan fingerprint density at radius 2 is 2.14 bits per heavy atom. The second-order valence-electron chi connectivity index (χ2n) is 4.76. The van der Waals surface area contributed by atoms with Crippen molar-refractivity contribution in [2.24, 2.45) is 11.8 Å². The maximum absolute atomic E-state index is 11.9. The second-order valence-corrected chi connectivity index (χ2v) is 6.41. The fraction of sp³-hybridized carbons (Fsp3) is 0.583. The SMILES string of the molecule is C=CC(=O)OCC(=O)OC1C2CC(C#N)C(C2)OS1(=O)=O. The molecule has 1 saturated heterocycles. The first-order valence-corrected chi connectivity index (χ1v) is 7.65. The third-order valence-electron chi connectivity index (χ3n) is 3.38. The van der Waals surface area contributed by atoms with Crippen LogP contribution in [-0.2, 0) is 33.4 Å². The van der Waals surface area contributed by atoms with Gasteiger partial charge in [-0.15, -0.1) is 0 Å². The minimum Gasteiger partial charge on any atom is -0.451 e. The van der Waals surface area contributed by atoms with Gasteiger partial charge in [0.25, 0.3) is 0 Å². The highest BCUT2D eigenvalue weighted by molar-refractivity contribution is 7.87. The minimum absolute atomic E-state index is 0.283. The van der Waals surface area contributed by atoms with Crippen molar-refractivity contribution in [3.8, 4) is 6.07 Å². The van der Waals surface area contributed by atoms with Crippen LogP contribution in [0.25, 0.3) is 0 Å². The molecule has 8 nitrogen and oxygen atoms in total. The molecule has 0 aromatic rings. The molecule has 0 radical (unpaired) electrons. The Balaban J connectivity index is 2.02. The van der Waals surface area contributed by atoms with Gasteiger partial charge in [-0.1, -0.05) is 6.58 Å². The van der Waals surface area contributed by atoms with E-state index in [1.165, 1.54) is 0 Å². The van der Waals surface area contributed by atoms with Gasteiger partial charge in [0, 0.05) is 12.0 Å². The van der Waals surface area contributed by atoms with Gasteiger partial charge in [-0.05, 0) is 12.8 Å². The first-order chi connectivity index (χ1) is 9.87. The average molecular weight is 315 g/mol. The van der Waals surface area contributed by atoms with Crippen LogP contribution < -0.4 is 0 Å². The quantitative estimate of drug-likeness (QED) is 0.399. The van der Waals surface area contributed by atoms with Gasteiger partial charge in [-0.2, -0.15) is 13.7 Å². The van der Waals surface area contributed by atoms with E-state index in [1.807, 2.05) is 6.07 Å². The molecule has 1 aliphatic heterocycles. The zero-order valence-electron chi connectivity index (χ0n) is 10.9. The minimum atomic E-state index is -4.10. The Bertz CT molecular complexity index is 606. The number of nitriles is 1. The van der Waals surface area contributed by atoms with E-state index in [9.17, 15) is 18.0 Å². The Hall–Kier alpha value is -1.92. The molecule has 2 fully saturated rings. The fourth-order valence-corrected chi connectivity index (χ4v) is 4.06. The third kappa shape index (κ3) is 3.22. The van der Waals surface area contributed by atoms with Crippen molar-refractivity contribution >= 4 is 22.1 Å². The first-order valence-electron chi connectivity index (χ1n) is 6.17. The Kier molecular flexibility index (Phi) is 4.29. The number of hydrogen-bond donors (Lipinski definition) is 0. The lowest BCUT2D eigenvalue weighted by molar-refractivity contribution is -0.159. The number of fused-ring (bicyclic) bond motifs is 2. The van der Waals surface area contributed by atoms with E-state index in [2.05, 4.69) is 11.3 Å². The summed E-state index contributed by atoms with van der Waals surface area (Å²) in [5, 5.41) is 8.92. The molecule has 21 heavy (non-hydrogen) atoms. The molecule has 4 atom stereocenters. The van der Waals surface area contributed by atoms with E-state index in [0.29, 0.717) is 6.42 Å². The maximum atomic E-state index is 11.9. The summed E-state index contributed by atoms with van der Waals surface area (Å²) in [6.07, 6.45) is 0.804. The standard InChI is InChI=1S/C12H13NO7S/c1-2-10(14)18-6-11(15)19-12-7-3-8(5-13)9(4-7)20-21(12,16)17/h2,7-9,12H,1,3-4,6H2. The molecule has 0 N–H and O–H groups in total. The summed E-state index contributed by atoms with van der Waals surface area (Å²) in [4.78, 5) is 22.3. The topological polar surface area (TPSA) is 120 Å². The fourth-order valence-electron chi connectivity index (χ4n) is 2.47. The predicted octanol–water partition coefficient (Wildman–Crippen LogP) is -0.137. The molecule has 0 spiro atoms. The largest absolute Gasteiger partial charge is 0.451 e. The number of esters is 2. The van der Waals surface area contributed by atoms with Crippen LogP contribution in [0.5, 0.6) is 0 Å². The first kappa shape index (κ1) is 15.5. The van der Waals surface area contributed by atoms with Gasteiger partial charge in [0.15, 0.2) is 6.61 Å². The average Bonchev–Trinajstić information content (AvgIpc) is 2.78. The second kappa shape index (κ2) is 5.83. The number of carbonyl (C=O) groups is 2. The van der Waals surface area contributed by atoms with Crippen molar-refractivity contribution in [2.75, 3.05) is 6.61 Å². The Morgan fingerprint density at radius 3 is 2.76 bits per heavy atom. The molecule has 114 valence electrons. The van der Waals surface area contributed by atoms with E-state index >= 15 is 0 Å². The molecular formula is C12H13NO7S. The highest BCUT2D eigenvalue weighted by Gasteiger charge is 2.53. The smallest absolute Gasteiger partial charge is 0.345 e. The monoisotopic (exact) mass is 315 g/mol. The molecule has 1 aliphatic carbocycles. The van der Waals surface area contributed by atoms with Crippen LogP contribution in [0, 0.1) is 23.2 Å². The van der Waals surface area contributed by atoms with Crippen LogP contribution >= 0.6 is 0 Å². The maximum Gasteiger partial charge on any atom is 0.345 e. The van der Waals surface area contributed by atoms with Crippen LogP contribution in [0.3, 0.4) is 0 Å². The van der Waals surface area contributed by atoms with E-state index in [4.69, 9.17) is 14.2 Å². The molecule has 0 amide bonds. The molecule has 1 saturated carbocycles. The Labute approximate surface area is 121 Å². The number of nitrogens with zero attached hydrogens (tertiary/aromatic N) is 1. The van der Waals surface area contributed by atoms with Crippen LogP contribution in [0.1, 0.15) is 12.8 Å². The molecule has 2 aliphatic rings. The summed E-state index contributed by atoms with van der Waals surface area (Å²) in [5.74, 6) is -2.84. The Morgan fingerprint density at radius 1 is 1.43 bits per heavy atom. The highest BCUT2D eigenvalue weighted by atomic mass is 32.2. The number of hydrogen-bond acceptors (Lipinski definition) is 8. The summed E-state index contributed by atoms with van der Waals surface area (Å²) in [6, 6.07) is 1.98. The van der Waals surface area contributed by atoms with Crippen LogP contribution in [0.4, 0.5) is 0 Å². The zero-order valence-corrected chi connectivity index (χ0v) is 11.7. The zero-order chi connectivity index (χ0) is 15.6. The molecular weight excluding hydrogens is 302 g/mol. The molecule has 9 heteroatoms. The molecule has 2 rings (SSSR count). The predicted molar refractivity (Wildman–Crippen MR) is 66.7 cm³/mol. The van der Waals surface area contributed by atoms with Gasteiger partial charge >= 0.3 is 22.1 Å². The van der Waals surface area contributed by atoms with Crippen LogP contribution in [-0.4, -0.2) is 38.5 Å². The summed E-state index contributed by atoms with van der Waals surface area (Å²) in [6.45, 7) is 2.44. The number of carbonyl (C=O) groups excluding carboxylic acids is 2. The molecule has 0 aromatic carbocycles. The van der Waals surface area contributed by atoms with Crippen molar-refractivity contribution in [1.82, 2.24) is 0 Å².